The van der Waals surface area contributed by atoms with Crippen LogP contribution in [0.4, 0.5) is 0 Å². The average molecular weight is 210 g/mol. The molecule has 2 atom stereocenters. The first kappa shape index (κ1) is 10.1. The van der Waals surface area contributed by atoms with E-state index < -0.39 is 0 Å². The molecular formula is C11H18N2S. The van der Waals surface area contributed by atoms with Gasteiger partial charge < -0.3 is 10.3 Å². The molecule has 0 saturated heterocycles. The fourth-order valence-corrected chi connectivity index (χ4v) is 2.87. The number of aromatic nitrogens is 1. The van der Waals surface area contributed by atoms with E-state index in [1.54, 1.807) is 0 Å². The Hall–Kier alpha value is -0.410. The molecule has 2 nitrogen and oxygen atoms in total. The molecule has 0 aliphatic heterocycles. The predicted molar refractivity (Wildman–Crippen MR) is 62.6 cm³/mol. The highest BCUT2D eigenvalue weighted by Crippen LogP contribution is 2.28. The second-order valence-corrected chi connectivity index (χ2v) is 5.11. The van der Waals surface area contributed by atoms with Gasteiger partial charge in [-0.1, -0.05) is 0 Å². The summed E-state index contributed by atoms with van der Waals surface area (Å²) < 4.78 is 0. The van der Waals surface area contributed by atoms with E-state index in [-0.39, 0.29) is 0 Å². The standard InChI is InChI=1S/C11H18N2S/c1-14-11-3-2-10(6-11)13-8-9-4-5-12-7-9/h4-5,7,10-13H,2-3,6,8H2,1H3. The number of hydrogen-bond acceptors (Lipinski definition) is 2. The average Bonchev–Trinajstić information content (AvgIpc) is 2.86. The first-order valence-corrected chi connectivity index (χ1v) is 6.55. The summed E-state index contributed by atoms with van der Waals surface area (Å²) in [4.78, 5) is 3.08. The number of hydrogen-bond donors (Lipinski definition) is 2. The van der Waals surface area contributed by atoms with Gasteiger partial charge in [0.2, 0.25) is 0 Å². The SMILES string of the molecule is CSC1CCC(NCc2cc[nH]c2)C1. The maximum atomic E-state index is 3.61. The Bertz CT molecular complexity index is 258. The molecule has 1 aromatic heterocycles. The zero-order chi connectivity index (χ0) is 9.80. The Labute approximate surface area is 89.9 Å². The van der Waals surface area contributed by atoms with Crippen molar-refractivity contribution < 1.29 is 0 Å². The third-order valence-corrected chi connectivity index (χ3v) is 4.07. The van der Waals surface area contributed by atoms with Crippen LogP contribution in [0.25, 0.3) is 0 Å². The number of aromatic amines is 1. The van der Waals surface area contributed by atoms with Crippen LogP contribution < -0.4 is 5.32 Å². The van der Waals surface area contributed by atoms with Gasteiger partial charge in [-0.3, -0.25) is 0 Å². The molecule has 0 bridgehead atoms. The lowest BCUT2D eigenvalue weighted by Crippen LogP contribution is -2.25. The van der Waals surface area contributed by atoms with E-state index in [4.69, 9.17) is 0 Å². The fraction of sp³-hybridized carbons (Fsp3) is 0.636. The van der Waals surface area contributed by atoms with Crippen molar-refractivity contribution in [2.24, 2.45) is 0 Å². The maximum Gasteiger partial charge on any atom is 0.0223 e. The van der Waals surface area contributed by atoms with Gasteiger partial charge in [-0.05, 0) is 37.1 Å². The first-order chi connectivity index (χ1) is 6.88. The lowest BCUT2D eigenvalue weighted by atomic mass is 10.2. The summed E-state index contributed by atoms with van der Waals surface area (Å²) >= 11 is 2.01. The van der Waals surface area contributed by atoms with Crippen molar-refractivity contribution in [1.29, 1.82) is 0 Å². The van der Waals surface area contributed by atoms with Crippen molar-refractivity contribution in [1.82, 2.24) is 10.3 Å². The van der Waals surface area contributed by atoms with Gasteiger partial charge in [0.25, 0.3) is 0 Å². The molecule has 2 unspecified atom stereocenters. The second kappa shape index (κ2) is 4.89. The smallest absolute Gasteiger partial charge is 0.0223 e. The van der Waals surface area contributed by atoms with Crippen LogP contribution >= 0.6 is 11.8 Å². The summed E-state index contributed by atoms with van der Waals surface area (Å²) in [7, 11) is 0. The second-order valence-electron chi connectivity index (χ2n) is 3.97. The van der Waals surface area contributed by atoms with Crippen LogP contribution in [0, 0.1) is 0 Å². The summed E-state index contributed by atoms with van der Waals surface area (Å²) in [6.45, 7) is 1.01. The maximum absolute atomic E-state index is 3.61. The quantitative estimate of drug-likeness (QED) is 0.798. The van der Waals surface area contributed by atoms with Gasteiger partial charge in [-0.25, -0.2) is 0 Å². The Kier molecular flexibility index (Phi) is 3.54. The molecule has 1 fully saturated rings. The molecule has 2 rings (SSSR count). The molecule has 0 radical (unpaired) electrons. The van der Waals surface area contributed by atoms with Gasteiger partial charge >= 0.3 is 0 Å². The number of rotatable bonds is 4. The molecule has 14 heavy (non-hydrogen) atoms. The van der Waals surface area contributed by atoms with Crippen LogP contribution in [0.1, 0.15) is 24.8 Å². The normalized spacial score (nSPS) is 26.9. The molecule has 1 heterocycles. The van der Waals surface area contributed by atoms with Crippen LogP contribution in [0.15, 0.2) is 18.5 Å². The fourth-order valence-electron chi connectivity index (χ4n) is 2.07. The largest absolute Gasteiger partial charge is 0.367 e. The minimum atomic E-state index is 0.738. The van der Waals surface area contributed by atoms with E-state index in [0.29, 0.717) is 0 Å². The zero-order valence-electron chi connectivity index (χ0n) is 8.62. The van der Waals surface area contributed by atoms with Gasteiger partial charge in [0, 0.05) is 30.2 Å². The van der Waals surface area contributed by atoms with E-state index in [1.807, 2.05) is 18.0 Å². The van der Waals surface area contributed by atoms with Gasteiger partial charge in [0.1, 0.15) is 0 Å². The number of thioether (sulfide) groups is 1. The molecule has 0 spiro atoms. The van der Waals surface area contributed by atoms with Gasteiger partial charge in [0.15, 0.2) is 0 Å². The highest BCUT2D eigenvalue weighted by molar-refractivity contribution is 7.99. The summed E-state index contributed by atoms with van der Waals surface area (Å²) in [6, 6.07) is 2.87. The monoisotopic (exact) mass is 210 g/mol. The van der Waals surface area contributed by atoms with Crippen molar-refractivity contribution in [3.63, 3.8) is 0 Å². The minimum Gasteiger partial charge on any atom is -0.367 e. The van der Waals surface area contributed by atoms with Crippen molar-refractivity contribution in [2.45, 2.75) is 37.1 Å². The van der Waals surface area contributed by atoms with Crippen LogP contribution in [0.3, 0.4) is 0 Å². The van der Waals surface area contributed by atoms with E-state index in [0.717, 1.165) is 17.8 Å². The van der Waals surface area contributed by atoms with Gasteiger partial charge in [0.05, 0.1) is 0 Å². The molecular weight excluding hydrogens is 192 g/mol. The van der Waals surface area contributed by atoms with Gasteiger partial charge in [-0.15, -0.1) is 0 Å². The summed E-state index contributed by atoms with van der Waals surface area (Å²) in [5.41, 5.74) is 1.36. The minimum absolute atomic E-state index is 0.738. The van der Waals surface area contributed by atoms with E-state index in [1.165, 1.54) is 24.8 Å². The van der Waals surface area contributed by atoms with Crippen molar-refractivity contribution in [2.75, 3.05) is 6.26 Å². The Morgan fingerprint density at radius 3 is 3.14 bits per heavy atom. The molecule has 78 valence electrons. The van der Waals surface area contributed by atoms with E-state index >= 15 is 0 Å². The predicted octanol–water partition coefficient (Wildman–Crippen LogP) is 2.39. The van der Waals surface area contributed by atoms with Crippen LogP contribution in [0.2, 0.25) is 0 Å². The van der Waals surface area contributed by atoms with Crippen LogP contribution in [-0.2, 0) is 6.54 Å². The Morgan fingerprint density at radius 2 is 2.50 bits per heavy atom. The molecule has 1 aliphatic carbocycles. The molecule has 1 aliphatic rings. The van der Waals surface area contributed by atoms with E-state index in [2.05, 4.69) is 28.8 Å². The molecule has 0 amide bonds. The Morgan fingerprint density at radius 1 is 1.57 bits per heavy atom. The first-order valence-electron chi connectivity index (χ1n) is 5.26. The summed E-state index contributed by atoms with van der Waals surface area (Å²) in [6.07, 6.45) is 10.3. The van der Waals surface area contributed by atoms with Crippen LogP contribution in [-0.4, -0.2) is 22.5 Å². The zero-order valence-corrected chi connectivity index (χ0v) is 9.44. The third kappa shape index (κ3) is 2.55. The van der Waals surface area contributed by atoms with Crippen LogP contribution in [0.5, 0.6) is 0 Å². The number of nitrogens with one attached hydrogen (secondary N) is 2. The Balaban J connectivity index is 1.72. The molecule has 1 aromatic rings. The number of H-pyrrole nitrogens is 1. The summed E-state index contributed by atoms with van der Waals surface area (Å²) in [5, 5.41) is 4.50. The van der Waals surface area contributed by atoms with Crippen molar-refractivity contribution >= 4 is 11.8 Å². The molecule has 3 heteroatoms. The lowest BCUT2D eigenvalue weighted by molar-refractivity contribution is 0.525. The molecule has 1 saturated carbocycles. The topological polar surface area (TPSA) is 27.8 Å². The van der Waals surface area contributed by atoms with E-state index in [9.17, 15) is 0 Å². The highest BCUT2D eigenvalue weighted by atomic mass is 32.2. The lowest BCUT2D eigenvalue weighted by Gasteiger charge is -2.11. The van der Waals surface area contributed by atoms with Crippen molar-refractivity contribution in [3.05, 3.63) is 24.0 Å². The van der Waals surface area contributed by atoms with Crippen molar-refractivity contribution in [3.8, 4) is 0 Å². The highest BCUT2D eigenvalue weighted by Gasteiger charge is 2.22. The molecule has 0 aromatic carbocycles. The van der Waals surface area contributed by atoms with Gasteiger partial charge in [-0.2, -0.15) is 11.8 Å². The third-order valence-electron chi connectivity index (χ3n) is 2.98. The summed E-state index contributed by atoms with van der Waals surface area (Å²) in [5.74, 6) is 0. The molecule has 2 N–H and O–H groups in total.